The van der Waals surface area contributed by atoms with Gasteiger partial charge in [0.15, 0.2) is 0 Å². The lowest BCUT2D eigenvalue weighted by molar-refractivity contribution is 0.523. The molecule has 0 saturated heterocycles. The summed E-state index contributed by atoms with van der Waals surface area (Å²) >= 11 is 1.62. The van der Waals surface area contributed by atoms with Crippen LogP contribution in [0.2, 0.25) is 0 Å². The zero-order valence-electron chi connectivity index (χ0n) is 12.9. The van der Waals surface area contributed by atoms with E-state index in [0.29, 0.717) is 5.92 Å². The second kappa shape index (κ2) is 6.01. The third kappa shape index (κ3) is 3.09. The van der Waals surface area contributed by atoms with Crippen molar-refractivity contribution in [3.05, 3.63) is 47.6 Å². The van der Waals surface area contributed by atoms with Gasteiger partial charge in [-0.15, -0.1) is 11.3 Å². The molecule has 0 spiro atoms. The Hall–Kier alpha value is -2.01. The fraction of sp³-hybridized carbons (Fsp3) is 0.294. The highest BCUT2D eigenvalue weighted by molar-refractivity contribution is 7.15. The summed E-state index contributed by atoms with van der Waals surface area (Å²) in [6.07, 6.45) is 3.92. The van der Waals surface area contributed by atoms with Gasteiger partial charge in [0, 0.05) is 18.3 Å². The number of hydrogen-bond acceptors (Lipinski definition) is 3. The summed E-state index contributed by atoms with van der Waals surface area (Å²) in [5, 5.41) is 0.979. The molecule has 0 unspecified atom stereocenters. The largest absolute Gasteiger partial charge is 0.337 e. The average molecular weight is 315 g/mol. The number of rotatable bonds is 4. The Kier molecular flexibility index (Phi) is 4.07. The number of aryl methyl sites for hydroxylation is 1. The topological polar surface area (TPSA) is 30.7 Å². The Balaban J connectivity index is 2.00. The van der Waals surface area contributed by atoms with Crippen LogP contribution in [0.15, 0.2) is 36.8 Å². The van der Waals surface area contributed by atoms with E-state index in [4.69, 9.17) is 0 Å². The van der Waals surface area contributed by atoms with Crippen LogP contribution in [-0.4, -0.2) is 14.5 Å². The number of halogens is 1. The van der Waals surface area contributed by atoms with Crippen LogP contribution in [0.3, 0.4) is 0 Å². The molecule has 114 valence electrons. The highest BCUT2D eigenvalue weighted by Gasteiger charge is 2.15. The zero-order valence-corrected chi connectivity index (χ0v) is 13.7. The maximum atomic E-state index is 13.1. The van der Waals surface area contributed by atoms with Gasteiger partial charge in [0.2, 0.25) is 0 Å². The zero-order chi connectivity index (χ0) is 15.7. The van der Waals surface area contributed by atoms with Crippen molar-refractivity contribution in [2.75, 3.05) is 0 Å². The number of benzene rings is 1. The predicted molar refractivity (Wildman–Crippen MR) is 88.3 cm³/mol. The van der Waals surface area contributed by atoms with Gasteiger partial charge in [0.05, 0.1) is 21.9 Å². The van der Waals surface area contributed by atoms with Crippen LogP contribution in [0.5, 0.6) is 0 Å². The fourth-order valence-corrected chi connectivity index (χ4v) is 3.31. The predicted octanol–water partition coefficient (Wildman–Crippen LogP) is 4.78. The van der Waals surface area contributed by atoms with Gasteiger partial charge in [-0.2, -0.15) is 0 Å². The molecule has 22 heavy (non-hydrogen) atoms. The summed E-state index contributed by atoms with van der Waals surface area (Å²) in [4.78, 5) is 10.2. The van der Waals surface area contributed by atoms with Crippen molar-refractivity contribution < 1.29 is 4.39 Å². The fourth-order valence-electron chi connectivity index (χ4n) is 2.40. The Morgan fingerprint density at radius 3 is 2.64 bits per heavy atom. The molecule has 0 radical (unpaired) electrons. The standard InChI is InChI=1S/C17H18FN3S/c1-11(2)8-21-9-15(19-10-21)17-16(20-12(3)22-17)13-4-6-14(18)7-5-13/h4-7,9-11H,8H2,1-3H3. The normalized spacial score (nSPS) is 11.3. The number of thiazole rings is 1. The van der Waals surface area contributed by atoms with E-state index < -0.39 is 0 Å². The van der Waals surface area contributed by atoms with Gasteiger partial charge < -0.3 is 4.57 Å². The van der Waals surface area contributed by atoms with Crippen molar-refractivity contribution in [3.63, 3.8) is 0 Å². The highest BCUT2D eigenvalue weighted by atomic mass is 32.1. The SMILES string of the molecule is Cc1nc(-c2ccc(F)cc2)c(-c2cn(CC(C)C)cn2)s1. The first-order chi connectivity index (χ1) is 10.5. The van der Waals surface area contributed by atoms with E-state index in [1.54, 1.807) is 23.5 Å². The third-order valence-electron chi connectivity index (χ3n) is 3.29. The van der Waals surface area contributed by atoms with Crippen LogP contribution >= 0.6 is 11.3 Å². The van der Waals surface area contributed by atoms with Crippen LogP contribution in [0.1, 0.15) is 18.9 Å². The molecule has 3 nitrogen and oxygen atoms in total. The quantitative estimate of drug-likeness (QED) is 0.694. The van der Waals surface area contributed by atoms with E-state index in [2.05, 4.69) is 34.6 Å². The summed E-state index contributed by atoms with van der Waals surface area (Å²) in [6, 6.07) is 6.45. The van der Waals surface area contributed by atoms with Crippen LogP contribution in [0.4, 0.5) is 4.39 Å². The van der Waals surface area contributed by atoms with E-state index in [1.807, 2.05) is 13.3 Å². The van der Waals surface area contributed by atoms with Crippen molar-refractivity contribution in [1.29, 1.82) is 0 Å². The number of imidazole rings is 1. The minimum absolute atomic E-state index is 0.238. The average Bonchev–Trinajstić information content (AvgIpc) is 3.05. The van der Waals surface area contributed by atoms with Crippen molar-refractivity contribution >= 4 is 11.3 Å². The Morgan fingerprint density at radius 2 is 1.95 bits per heavy atom. The van der Waals surface area contributed by atoms with Crippen LogP contribution < -0.4 is 0 Å². The first kappa shape index (κ1) is 14.9. The van der Waals surface area contributed by atoms with E-state index in [-0.39, 0.29) is 5.82 Å². The minimum Gasteiger partial charge on any atom is -0.337 e. The third-order valence-corrected chi connectivity index (χ3v) is 4.29. The lowest BCUT2D eigenvalue weighted by Gasteiger charge is -2.04. The number of hydrogen-bond donors (Lipinski definition) is 0. The van der Waals surface area contributed by atoms with Crippen molar-refractivity contribution in [3.8, 4) is 21.8 Å². The van der Waals surface area contributed by atoms with E-state index in [9.17, 15) is 4.39 Å². The first-order valence-corrected chi connectivity index (χ1v) is 8.10. The monoisotopic (exact) mass is 315 g/mol. The van der Waals surface area contributed by atoms with Gasteiger partial charge in [-0.3, -0.25) is 0 Å². The Morgan fingerprint density at radius 1 is 1.23 bits per heavy atom. The number of nitrogens with zero attached hydrogens (tertiary/aromatic N) is 3. The lowest BCUT2D eigenvalue weighted by Crippen LogP contribution is -2.00. The van der Waals surface area contributed by atoms with E-state index in [0.717, 1.165) is 33.4 Å². The summed E-state index contributed by atoms with van der Waals surface area (Å²) < 4.78 is 15.2. The lowest BCUT2D eigenvalue weighted by atomic mass is 10.1. The molecular formula is C17H18FN3S. The summed E-state index contributed by atoms with van der Waals surface area (Å²) in [6.45, 7) is 7.28. The molecule has 0 amide bonds. The first-order valence-electron chi connectivity index (χ1n) is 7.28. The van der Waals surface area contributed by atoms with Crippen LogP contribution in [0, 0.1) is 18.7 Å². The maximum absolute atomic E-state index is 13.1. The van der Waals surface area contributed by atoms with Gasteiger partial charge in [0.25, 0.3) is 0 Å². The molecule has 3 aromatic rings. The Labute approximate surface area is 133 Å². The highest BCUT2D eigenvalue weighted by Crippen LogP contribution is 2.35. The summed E-state index contributed by atoms with van der Waals surface area (Å²) in [7, 11) is 0. The van der Waals surface area contributed by atoms with Gasteiger partial charge in [-0.25, -0.2) is 14.4 Å². The van der Waals surface area contributed by atoms with Crippen molar-refractivity contribution in [1.82, 2.24) is 14.5 Å². The molecule has 0 bridgehead atoms. The molecule has 0 fully saturated rings. The van der Waals surface area contributed by atoms with Gasteiger partial charge in [0.1, 0.15) is 11.5 Å². The van der Waals surface area contributed by atoms with Crippen molar-refractivity contribution in [2.45, 2.75) is 27.3 Å². The molecule has 0 aliphatic rings. The summed E-state index contributed by atoms with van der Waals surface area (Å²) in [5.41, 5.74) is 2.71. The number of aromatic nitrogens is 3. The van der Waals surface area contributed by atoms with Gasteiger partial charge >= 0.3 is 0 Å². The van der Waals surface area contributed by atoms with E-state index >= 15 is 0 Å². The molecule has 2 heterocycles. The molecule has 0 saturated carbocycles. The molecule has 1 aromatic carbocycles. The molecule has 0 atom stereocenters. The van der Waals surface area contributed by atoms with Crippen LogP contribution in [0.25, 0.3) is 21.8 Å². The molecule has 5 heteroatoms. The molecular weight excluding hydrogens is 297 g/mol. The maximum Gasteiger partial charge on any atom is 0.123 e. The molecule has 0 N–H and O–H groups in total. The second-order valence-electron chi connectivity index (χ2n) is 5.77. The van der Waals surface area contributed by atoms with Gasteiger partial charge in [-0.05, 0) is 37.1 Å². The summed E-state index contributed by atoms with van der Waals surface area (Å²) in [5.74, 6) is 0.334. The Bertz CT molecular complexity index is 772. The van der Waals surface area contributed by atoms with Crippen LogP contribution in [-0.2, 0) is 6.54 Å². The second-order valence-corrected chi connectivity index (χ2v) is 6.97. The van der Waals surface area contributed by atoms with E-state index in [1.165, 1.54) is 12.1 Å². The molecule has 2 aromatic heterocycles. The molecule has 0 aliphatic carbocycles. The minimum atomic E-state index is -0.238. The van der Waals surface area contributed by atoms with Gasteiger partial charge in [-0.1, -0.05) is 13.8 Å². The molecule has 3 rings (SSSR count). The smallest absolute Gasteiger partial charge is 0.123 e. The van der Waals surface area contributed by atoms with Crippen molar-refractivity contribution in [2.24, 2.45) is 5.92 Å². The molecule has 0 aliphatic heterocycles.